The fraction of sp³-hybridized carbons (Fsp3) is 0.364. The molecule has 163 valence electrons. The van der Waals surface area contributed by atoms with Gasteiger partial charge in [0.05, 0.1) is 0 Å². The summed E-state index contributed by atoms with van der Waals surface area (Å²) in [7, 11) is 1.63. The Morgan fingerprint density at radius 2 is 1.97 bits per heavy atom. The van der Waals surface area contributed by atoms with E-state index in [0.29, 0.717) is 37.9 Å². The monoisotopic (exact) mass is 507 g/mol. The van der Waals surface area contributed by atoms with E-state index in [1.807, 2.05) is 12.1 Å². The van der Waals surface area contributed by atoms with Gasteiger partial charge in [0.1, 0.15) is 0 Å². The number of benzene rings is 2. The average molecular weight is 508 g/mol. The standard InChI is InChI=1S/C22H22AsClFN2O4/c1-28-8-9-30-20-12-19-16(11-21(20)31-15-4-6-29-7-5-15)22(27-13-26-19)23-14-2-3-18(25)17(24)10-14/h2-3,10-13,15H,4-9H2,1H3. The molecule has 0 aliphatic carbocycles. The first-order valence-corrected chi connectivity index (χ1v) is 12.2. The molecule has 1 saturated heterocycles. The molecule has 3 aromatic rings. The molecule has 1 fully saturated rings. The van der Waals surface area contributed by atoms with Crippen molar-refractivity contribution >= 4 is 47.1 Å². The zero-order valence-corrected chi connectivity index (χ0v) is 19.6. The van der Waals surface area contributed by atoms with Crippen molar-refractivity contribution in [1.29, 1.82) is 0 Å². The van der Waals surface area contributed by atoms with Gasteiger partial charge in [0.25, 0.3) is 0 Å². The van der Waals surface area contributed by atoms with Crippen LogP contribution in [-0.2, 0) is 9.47 Å². The van der Waals surface area contributed by atoms with E-state index in [1.165, 1.54) is 12.4 Å². The summed E-state index contributed by atoms with van der Waals surface area (Å²) in [5.74, 6) is 0.857. The van der Waals surface area contributed by atoms with Crippen LogP contribution in [0.1, 0.15) is 12.8 Å². The third-order valence-corrected chi connectivity index (χ3v) is 7.43. The molecule has 2 heterocycles. The first-order chi connectivity index (χ1) is 15.1. The molecule has 0 amide bonds. The van der Waals surface area contributed by atoms with Crippen LogP contribution in [0.3, 0.4) is 0 Å². The Bertz CT molecular complexity index is 1050. The summed E-state index contributed by atoms with van der Waals surface area (Å²) in [6, 6.07) is 8.62. The second-order valence-corrected chi connectivity index (χ2v) is 9.84. The summed E-state index contributed by atoms with van der Waals surface area (Å²) in [5, 5.41) is 1.01. The van der Waals surface area contributed by atoms with Crippen LogP contribution in [0, 0.1) is 5.82 Å². The Hall–Kier alpha value is -1.92. The van der Waals surface area contributed by atoms with Crippen LogP contribution in [0.5, 0.6) is 11.5 Å². The van der Waals surface area contributed by atoms with Crippen molar-refractivity contribution in [3.05, 3.63) is 47.5 Å². The van der Waals surface area contributed by atoms with Gasteiger partial charge in [-0.15, -0.1) is 0 Å². The van der Waals surface area contributed by atoms with Crippen LogP contribution < -0.4 is 18.3 Å². The molecule has 1 aromatic heterocycles. The summed E-state index contributed by atoms with van der Waals surface area (Å²) in [6.45, 7) is 2.24. The van der Waals surface area contributed by atoms with Gasteiger partial charge in [0, 0.05) is 0 Å². The number of rotatable bonds is 8. The molecule has 0 bridgehead atoms. The molecule has 9 heteroatoms. The van der Waals surface area contributed by atoms with E-state index in [4.69, 9.17) is 30.5 Å². The number of ether oxygens (including phenoxy) is 4. The summed E-state index contributed by atoms with van der Waals surface area (Å²) < 4.78 is 38.2. The quantitative estimate of drug-likeness (QED) is 0.345. The summed E-state index contributed by atoms with van der Waals surface area (Å²) >= 11 is 5.44. The van der Waals surface area contributed by atoms with Crippen LogP contribution in [-0.4, -0.2) is 65.4 Å². The van der Waals surface area contributed by atoms with Gasteiger partial charge in [-0.3, -0.25) is 0 Å². The van der Waals surface area contributed by atoms with Gasteiger partial charge in [-0.25, -0.2) is 0 Å². The average Bonchev–Trinajstić information content (AvgIpc) is 2.78. The molecule has 4 rings (SSSR count). The predicted molar refractivity (Wildman–Crippen MR) is 118 cm³/mol. The van der Waals surface area contributed by atoms with Crippen molar-refractivity contribution < 1.29 is 23.3 Å². The fourth-order valence-corrected chi connectivity index (χ4v) is 5.67. The van der Waals surface area contributed by atoms with Crippen molar-refractivity contribution in [1.82, 2.24) is 9.97 Å². The van der Waals surface area contributed by atoms with Crippen molar-refractivity contribution in [3.63, 3.8) is 0 Å². The molecule has 1 radical (unpaired) electrons. The van der Waals surface area contributed by atoms with Crippen LogP contribution in [0.25, 0.3) is 10.9 Å². The normalized spacial score (nSPS) is 15.1. The van der Waals surface area contributed by atoms with E-state index in [2.05, 4.69) is 9.97 Å². The van der Waals surface area contributed by atoms with Crippen LogP contribution in [0.4, 0.5) is 4.39 Å². The van der Waals surface area contributed by atoms with Gasteiger partial charge in [-0.2, -0.15) is 0 Å². The number of aromatic nitrogens is 2. The number of nitrogens with zero attached hydrogens (tertiary/aromatic N) is 2. The topological polar surface area (TPSA) is 62.7 Å². The van der Waals surface area contributed by atoms with Crippen LogP contribution in [0.2, 0.25) is 5.02 Å². The SMILES string of the molecule is COCCOc1cc2ncnc([As]c3ccc(F)c(Cl)c3)c2cc1OC1CCOCC1. The Morgan fingerprint density at radius 3 is 2.74 bits per heavy atom. The van der Waals surface area contributed by atoms with E-state index in [9.17, 15) is 4.39 Å². The molecule has 0 spiro atoms. The van der Waals surface area contributed by atoms with Gasteiger partial charge in [0.15, 0.2) is 0 Å². The molecular formula is C22H22AsClFN2O4. The van der Waals surface area contributed by atoms with Crippen molar-refractivity contribution in [2.75, 3.05) is 33.5 Å². The Morgan fingerprint density at radius 1 is 1.13 bits per heavy atom. The third-order valence-electron chi connectivity index (χ3n) is 4.82. The number of fused-ring (bicyclic) bond motifs is 1. The minimum atomic E-state index is -0.524. The van der Waals surface area contributed by atoms with Gasteiger partial charge in [-0.05, 0) is 0 Å². The summed E-state index contributed by atoms with van der Waals surface area (Å²) in [6.07, 6.45) is 3.26. The van der Waals surface area contributed by atoms with Gasteiger partial charge in [0.2, 0.25) is 0 Å². The molecule has 0 unspecified atom stereocenters. The van der Waals surface area contributed by atoms with Gasteiger partial charge >= 0.3 is 192 Å². The van der Waals surface area contributed by atoms with E-state index < -0.39 is 21.6 Å². The van der Waals surface area contributed by atoms with Gasteiger partial charge in [-0.1, -0.05) is 0 Å². The minimum absolute atomic E-state index is 0.0632. The maximum absolute atomic E-state index is 13.5. The first-order valence-electron chi connectivity index (χ1n) is 9.95. The zero-order chi connectivity index (χ0) is 21.6. The molecule has 0 N–H and O–H groups in total. The van der Waals surface area contributed by atoms with Crippen LogP contribution >= 0.6 is 11.6 Å². The Labute approximate surface area is 191 Å². The van der Waals surface area contributed by atoms with E-state index >= 15 is 0 Å². The number of hydrogen-bond acceptors (Lipinski definition) is 6. The number of hydrogen-bond donors (Lipinski definition) is 0. The number of halogens is 2. The molecule has 1 aliphatic rings. The maximum atomic E-state index is 13.5. The Kier molecular flexibility index (Phi) is 7.62. The first kappa shape index (κ1) is 22.3. The van der Waals surface area contributed by atoms with Crippen molar-refractivity contribution in [3.8, 4) is 11.5 Å². The predicted octanol–water partition coefficient (Wildman–Crippen LogP) is 2.66. The van der Waals surface area contributed by atoms with E-state index in [0.717, 1.165) is 32.6 Å². The summed E-state index contributed by atoms with van der Waals surface area (Å²) in [5.41, 5.74) is 0.764. The second-order valence-electron chi connectivity index (χ2n) is 6.99. The van der Waals surface area contributed by atoms with Crippen molar-refractivity contribution in [2.45, 2.75) is 18.9 Å². The van der Waals surface area contributed by atoms with E-state index in [-0.39, 0.29) is 11.1 Å². The molecule has 31 heavy (non-hydrogen) atoms. The molecule has 0 atom stereocenters. The molecule has 6 nitrogen and oxygen atoms in total. The van der Waals surface area contributed by atoms with Crippen LogP contribution in [0.15, 0.2) is 36.7 Å². The van der Waals surface area contributed by atoms with E-state index in [1.54, 1.807) is 19.2 Å². The van der Waals surface area contributed by atoms with Crippen molar-refractivity contribution in [2.24, 2.45) is 0 Å². The third kappa shape index (κ3) is 5.66. The Balaban J connectivity index is 1.68. The summed E-state index contributed by atoms with van der Waals surface area (Å²) in [4.78, 5) is 8.93. The van der Waals surface area contributed by atoms with Gasteiger partial charge < -0.3 is 0 Å². The molecule has 2 aromatic carbocycles. The molecule has 0 saturated carbocycles. The molecular weight excluding hydrogens is 486 g/mol. The fourth-order valence-electron chi connectivity index (χ4n) is 3.23. The second kappa shape index (κ2) is 10.6. The zero-order valence-electron chi connectivity index (χ0n) is 17.0. The molecule has 1 aliphatic heterocycles. The number of methoxy groups -OCH3 is 1.